The number of fused-ring (bicyclic) bond motifs is 2. The summed E-state index contributed by atoms with van der Waals surface area (Å²) in [4.78, 5) is 40.5. The van der Waals surface area contributed by atoms with Crippen LogP contribution in [-0.2, 0) is 14.3 Å². The fraction of sp³-hybridized carbons (Fsp3) is 0.500. The minimum Gasteiger partial charge on any atom is -0.358 e. The Morgan fingerprint density at radius 1 is 1.21 bits per heavy atom. The van der Waals surface area contributed by atoms with Crippen molar-refractivity contribution in [3.05, 3.63) is 36.5 Å². The Morgan fingerprint density at radius 3 is 2.79 bits per heavy atom. The van der Waals surface area contributed by atoms with Crippen LogP contribution in [0, 0.1) is 5.92 Å². The Bertz CT molecular complexity index is 937. The van der Waals surface area contributed by atoms with Crippen LogP contribution in [0.3, 0.4) is 0 Å². The number of nitrogens with zero attached hydrogens (tertiary/aromatic N) is 2. The normalized spacial score (nSPS) is 25.5. The summed E-state index contributed by atoms with van der Waals surface area (Å²) in [6.45, 7) is 4.16. The topological polar surface area (TPSA) is 80.6 Å². The fourth-order valence-corrected chi connectivity index (χ4v) is 4.18. The van der Waals surface area contributed by atoms with Crippen LogP contribution in [0.2, 0.25) is 0 Å². The average Bonchev–Trinajstić information content (AvgIpc) is 3.32. The molecule has 2 amide bonds. The summed E-state index contributed by atoms with van der Waals surface area (Å²) >= 11 is 0. The molecule has 2 aromatic rings. The van der Waals surface area contributed by atoms with Crippen molar-refractivity contribution in [3.63, 3.8) is 0 Å². The maximum atomic E-state index is 13.3. The summed E-state index contributed by atoms with van der Waals surface area (Å²) in [6, 6.07) is 8.33. The molecule has 29 heavy (non-hydrogen) atoms. The van der Waals surface area contributed by atoms with Crippen LogP contribution < -0.4 is 5.32 Å². The number of aromatic nitrogens is 1. The van der Waals surface area contributed by atoms with Gasteiger partial charge in [-0.1, -0.05) is 32.0 Å². The first-order valence-corrected chi connectivity index (χ1v) is 10.4. The lowest BCUT2D eigenvalue weighted by atomic mass is 10.1. The summed E-state index contributed by atoms with van der Waals surface area (Å²) < 4.78 is 7.49. The summed E-state index contributed by atoms with van der Waals surface area (Å²) in [5, 5.41) is 3.85. The van der Waals surface area contributed by atoms with E-state index in [1.807, 2.05) is 44.2 Å². The molecule has 2 saturated heterocycles. The van der Waals surface area contributed by atoms with Gasteiger partial charge < -0.3 is 15.0 Å². The van der Waals surface area contributed by atoms with Gasteiger partial charge in [-0.15, -0.1) is 0 Å². The van der Waals surface area contributed by atoms with Gasteiger partial charge >= 0.3 is 0 Å². The van der Waals surface area contributed by atoms with Gasteiger partial charge in [-0.25, -0.2) is 0 Å². The van der Waals surface area contributed by atoms with Crippen molar-refractivity contribution >= 4 is 28.6 Å². The molecule has 1 N–H and O–H groups in total. The predicted octanol–water partition coefficient (Wildman–Crippen LogP) is 2.55. The Labute approximate surface area is 170 Å². The quantitative estimate of drug-likeness (QED) is 0.860. The molecule has 1 aromatic carbocycles. The first kappa shape index (κ1) is 19.6. The van der Waals surface area contributed by atoms with Gasteiger partial charge in [0, 0.05) is 23.9 Å². The fourth-order valence-electron chi connectivity index (χ4n) is 4.18. The Balaban J connectivity index is 1.58. The zero-order chi connectivity index (χ0) is 20.5. The minimum absolute atomic E-state index is 0.136. The van der Waals surface area contributed by atoms with Crippen LogP contribution in [0.1, 0.15) is 44.3 Å². The number of ether oxygens (including phenoxy) is 1. The van der Waals surface area contributed by atoms with Crippen molar-refractivity contribution in [2.24, 2.45) is 5.92 Å². The maximum Gasteiger partial charge on any atom is 0.253 e. The third kappa shape index (κ3) is 3.55. The predicted molar refractivity (Wildman–Crippen MR) is 108 cm³/mol. The van der Waals surface area contributed by atoms with Crippen molar-refractivity contribution in [2.45, 2.75) is 57.8 Å². The molecule has 4 rings (SSSR count). The standard InChI is InChI=1S/C22H27N3O4/c1-3-14(2)20(26)23-16-11-13-29-19-9-8-18(25(19)21(16)27)22(28)24-12-10-15-6-4-5-7-17(15)24/h4-7,10,12,14,16,18-19H,3,8-9,11,13H2,1-2H3,(H,23,26)/t14-,16+,18-,19+/m1/s1. The molecule has 4 atom stereocenters. The van der Waals surface area contributed by atoms with Gasteiger partial charge in [-0.2, -0.15) is 0 Å². The van der Waals surface area contributed by atoms with Crippen LogP contribution in [0.15, 0.2) is 36.5 Å². The molecule has 2 fully saturated rings. The molecule has 7 nitrogen and oxygen atoms in total. The second-order valence-corrected chi connectivity index (χ2v) is 7.91. The zero-order valence-electron chi connectivity index (χ0n) is 16.8. The monoisotopic (exact) mass is 397 g/mol. The van der Waals surface area contributed by atoms with Gasteiger partial charge in [0.25, 0.3) is 5.91 Å². The van der Waals surface area contributed by atoms with Crippen LogP contribution in [0.4, 0.5) is 0 Å². The summed E-state index contributed by atoms with van der Waals surface area (Å²) in [5.41, 5.74) is 0.825. The molecule has 0 spiro atoms. The Hall–Kier alpha value is -2.67. The smallest absolute Gasteiger partial charge is 0.253 e. The highest BCUT2D eigenvalue weighted by atomic mass is 16.5. The molecule has 1 aromatic heterocycles. The van der Waals surface area contributed by atoms with E-state index in [-0.39, 0.29) is 23.6 Å². The van der Waals surface area contributed by atoms with E-state index in [9.17, 15) is 14.4 Å². The number of benzene rings is 1. The van der Waals surface area contributed by atoms with Gasteiger partial charge in [0.1, 0.15) is 18.3 Å². The second kappa shape index (κ2) is 7.99. The summed E-state index contributed by atoms with van der Waals surface area (Å²) in [6.07, 6.45) is 3.63. The van der Waals surface area contributed by atoms with Gasteiger partial charge in [-0.3, -0.25) is 19.0 Å². The van der Waals surface area contributed by atoms with E-state index in [4.69, 9.17) is 4.74 Å². The second-order valence-electron chi connectivity index (χ2n) is 7.91. The highest BCUT2D eigenvalue weighted by molar-refractivity contribution is 5.98. The van der Waals surface area contributed by atoms with Crippen molar-refractivity contribution in [3.8, 4) is 0 Å². The SMILES string of the molecule is CC[C@@H](C)C(=O)N[C@H]1CCO[C@H]2CC[C@H](C(=O)n3ccc4ccccc43)N2C1=O. The average molecular weight is 397 g/mol. The lowest BCUT2D eigenvalue weighted by molar-refractivity contribution is -0.143. The number of nitrogens with one attached hydrogen (secondary N) is 1. The van der Waals surface area contributed by atoms with Crippen molar-refractivity contribution in [1.82, 2.24) is 14.8 Å². The molecular weight excluding hydrogens is 370 g/mol. The number of carbonyl (C=O) groups is 3. The Morgan fingerprint density at radius 2 is 2.00 bits per heavy atom. The van der Waals surface area contributed by atoms with E-state index in [0.29, 0.717) is 32.3 Å². The molecule has 0 bridgehead atoms. The molecule has 2 aliphatic heterocycles. The molecule has 0 aliphatic carbocycles. The zero-order valence-corrected chi connectivity index (χ0v) is 16.8. The molecular formula is C22H27N3O4. The highest BCUT2D eigenvalue weighted by Crippen LogP contribution is 2.30. The van der Waals surface area contributed by atoms with E-state index in [2.05, 4.69) is 5.32 Å². The van der Waals surface area contributed by atoms with E-state index < -0.39 is 18.3 Å². The first-order chi connectivity index (χ1) is 14.0. The Kier molecular flexibility index (Phi) is 5.41. The molecule has 0 saturated carbocycles. The third-order valence-electron chi connectivity index (χ3n) is 6.10. The van der Waals surface area contributed by atoms with Gasteiger partial charge in [0.15, 0.2) is 0 Å². The third-order valence-corrected chi connectivity index (χ3v) is 6.10. The molecule has 0 unspecified atom stereocenters. The molecule has 154 valence electrons. The van der Waals surface area contributed by atoms with Crippen LogP contribution >= 0.6 is 0 Å². The number of hydrogen-bond donors (Lipinski definition) is 1. The van der Waals surface area contributed by atoms with Crippen LogP contribution in [0.5, 0.6) is 0 Å². The summed E-state index contributed by atoms with van der Waals surface area (Å²) in [7, 11) is 0. The maximum absolute atomic E-state index is 13.3. The van der Waals surface area contributed by atoms with Crippen molar-refractivity contribution < 1.29 is 19.1 Å². The van der Waals surface area contributed by atoms with E-state index in [1.54, 1.807) is 15.7 Å². The number of carbonyl (C=O) groups excluding carboxylic acids is 3. The largest absolute Gasteiger partial charge is 0.358 e. The molecule has 0 radical (unpaired) electrons. The van der Waals surface area contributed by atoms with Crippen LogP contribution in [-0.4, -0.2) is 52.1 Å². The van der Waals surface area contributed by atoms with E-state index >= 15 is 0 Å². The lowest BCUT2D eigenvalue weighted by Gasteiger charge is -2.30. The summed E-state index contributed by atoms with van der Waals surface area (Å²) in [5.74, 6) is -0.663. The van der Waals surface area contributed by atoms with Gasteiger partial charge in [0.05, 0.1) is 12.1 Å². The molecule has 3 heterocycles. The molecule has 7 heteroatoms. The van der Waals surface area contributed by atoms with Crippen LogP contribution in [0.25, 0.3) is 10.9 Å². The highest BCUT2D eigenvalue weighted by Gasteiger charge is 2.46. The van der Waals surface area contributed by atoms with Gasteiger partial charge in [0.2, 0.25) is 11.8 Å². The van der Waals surface area contributed by atoms with E-state index in [0.717, 1.165) is 10.9 Å². The lowest BCUT2D eigenvalue weighted by Crippen LogP contribution is -2.54. The first-order valence-electron chi connectivity index (χ1n) is 10.4. The minimum atomic E-state index is -0.656. The van der Waals surface area contributed by atoms with Crippen molar-refractivity contribution in [2.75, 3.05) is 6.61 Å². The number of hydrogen-bond acceptors (Lipinski definition) is 4. The van der Waals surface area contributed by atoms with Crippen molar-refractivity contribution in [1.29, 1.82) is 0 Å². The number of rotatable bonds is 4. The molecule has 2 aliphatic rings. The van der Waals surface area contributed by atoms with Gasteiger partial charge in [-0.05, 0) is 31.4 Å². The van der Waals surface area contributed by atoms with E-state index in [1.165, 1.54) is 0 Å². The number of amides is 2. The number of para-hydroxylation sites is 1.